The van der Waals surface area contributed by atoms with Gasteiger partial charge in [-0.1, -0.05) is 26.0 Å². The van der Waals surface area contributed by atoms with Gasteiger partial charge in [0.05, 0.1) is 11.7 Å². The number of amides is 1. The Morgan fingerprint density at radius 1 is 1.19 bits per heavy atom. The van der Waals surface area contributed by atoms with E-state index in [9.17, 15) is 4.79 Å². The monoisotopic (exact) mass is 484 g/mol. The maximum absolute atomic E-state index is 12.5. The van der Waals surface area contributed by atoms with Crippen molar-refractivity contribution in [1.82, 2.24) is 25.0 Å². The fourth-order valence-corrected chi connectivity index (χ4v) is 5.46. The van der Waals surface area contributed by atoms with Gasteiger partial charge in [-0.3, -0.25) is 14.6 Å². The Hall–Kier alpha value is -3.52. The van der Waals surface area contributed by atoms with E-state index in [0.29, 0.717) is 13.2 Å². The Morgan fingerprint density at radius 3 is 2.75 bits per heavy atom. The van der Waals surface area contributed by atoms with E-state index in [0.717, 1.165) is 59.2 Å². The maximum Gasteiger partial charge on any atom is 0.227 e. The molecule has 4 aromatic rings. The summed E-state index contributed by atoms with van der Waals surface area (Å²) < 4.78 is 7.31. The summed E-state index contributed by atoms with van der Waals surface area (Å²) in [5.41, 5.74) is 7.49. The average molecular weight is 485 g/mol. The molecule has 4 heterocycles. The van der Waals surface area contributed by atoms with E-state index >= 15 is 0 Å². The summed E-state index contributed by atoms with van der Waals surface area (Å²) in [6, 6.07) is 10.2. The molecule has 0 radical (unpaired) electrons. The van der Waals surface area contributed by atoms with E-state index in [-0.39, 0.29) is 23.3 Å². The number of H-pyrrole nitrogens is 1. The quantitative estimate of drug-likeness (QED) is 0.419. The van der Waals surface area contributed by atoms with Gasteiger partial charge >= 0.3 is 0 Å². The van der Waals surface area contributed by atoms with Crippen LogP contribution in [0.3, 0.4) is 0 Å². The van der Waals surface area contributed by atoms with E-state index in [1.54, 1.807) is 0 Å². The van der Waals surface area contributed by atoms with Gasteiger partial charge in [-0.15, -0.1) is 0 Å². The van der Waals surface area contributed by atoms with Crippen LogP contribution in [0, 0.1) is 11.3 Å². The lowest BCUT2D eigenvalue weighted by Gasteiger charge is -2.21. The highest BCUT2D eigenvalue weighted by molar-refractivity contribution is 5.92. The third kappa shape index (κ3) is 4.30. The van der Waals surface area contributed by atoms with Gasteiger partial charge < -0.3 is 10.1 Å². The van der Waals surface area contributed by atoms with E-state index in [4.69, 9.17) is 9.84 Å². The Labute approximate surface area is 210 Å². The number of rotatable bonds is 5. The summed E-state index contributed by atoms with van der Waals surface area (Å²) in [7, 11) is 0. The number of ether oxygens (including phenoxy) is 1. The average Bonchev–Trinajstić information content (AvgIpc) is 3.55. The number of hydrogen-bond donors (Lipinski definition) is 2. The molecule has 0 saturated carbocycles. The standard InChI is InChI=1S/C28H32N6O2/c1-17(18-4-6-22(7-5-18)30-27(35)19-8-10-36-11-9-19)34-16-21-12-20(15-29-26(21)33-34)25-23-13-28(2,3)14-24(23)31-32-25/h4-7,12,15-17,19H,8-11,13-14H2,1-3H3,(H,30,35)(H,31,32)/t17-/m1/s1. The Kier molecular flexibility index (Phi) is 5.63. The van der Waals surface area contributed by atoms with Crippen LogP contribution in [0.1, 0.15) is 56.5 Å². The SMILES string of the molecule is C[C@H](c1ccc(NC(=O)C2CCOCC2)cc1)n1cc2cc(-c3n[nH]c4c3CC(C)(C)C4)cnc2n1. The van der Waals surface area contributed by atoms with Crippen LogP contribution >= 0.6 is 0 Å². The van der Waals surface area contributed by atoms with Crippen LogP contribution in [0.4, 0.5) is 5.69 Å². The minimum absolute atomic E-state index is 0.0262. The molecule has 0 unspecified atom stereocenters. The molecule has 8 heteroatoms. The number of aromatic amines is 1. The molecule has 8 nitrogen and oxygen atoms in total. The first-order valence-corrected chi connectivity index (χ1v) is 12.8. The van der Waals surface area contributed by atoms with Crippen molar-refractivity contribution in [3.05, 3.63) is 59.5 Å². The summed E-state index contributed by atoms with van der Waals surface area (Å²) in [6.45, 7) is 8.02. The number of hydrogen-bond acceptors (Lipinski definition) is 5. The van der Waals surface area contributed by atoms with Gasteiger partial charge in [0.1, 0.15) is 0 Å². The second-order valence-corrected chi connectivity index (χ2v) is 11.0. The first-order chi connectivity index (χ1) is 17.4. The van der Waals surface area contributed by atoms with Gasteiger partial charge in [-0.25, -0.2) is 4.98 Å². The van der Waals surface area contributed by atoms with Crippen molar-refractivity contribution in [2.24, 2.45) is 11.3 Å². The zero-order valence-corrected chi connectivity index (χ0v) is 21.0. The molecule has 0 spiro atoms. The van der Waals surface area contributed by atoms with Crippen LogP contribution in [0.25, 0.3) is 22.3 Å². The zero-order valence-electron chi connectivity index (χ0n) is 21.0. The highest BCUT2D eigenvalue weighted by atomic mass is 16.5. The minimum Gasteiger partial charge on any atom is -0.381 e. The molecule has 1 saturated heterocycles. The molecule has 1 fully saturated rings. The van der Waals surface area contributed by atoms with Crippen LogP contribution in [-0.4, -0.2) is 44.1 Å². The first-order valence-electron chi connectivity index (χ1n) is 12.8. The molecule has 1 aliphatic heterocycles. The second-order valence-electron chi connectivity index (χ2n) is 11.0. The fraction of sp³-hybridized carbons (Fsp3) is 0.429. The topological polar surface area (TPSA) is 97.7 Å². The number of pyridine rings is 1. The van der Waals surface area contributed by atoms with Gasteiger partial charge in [0.15, 0.2) is 5.65 Å². The van der Waals surface area contributed by atoms with Crippen LogP contribution in [0.15, 0.2) is 42.7 Å². The van der Waals surface area contributed by atoms with Crippen LogP contribution in [0.5, 0.6) is 0 Å². The van der Waals surface area contributed by atoms with Crippen LogP contribution in [0.2, 0.25) is 0 Å². The van der Waals surface area contributed by atoms with Gasteiger partial charge in [0.2, 0.25) is 5.91 Å². The normalized spacial score (nSPS) is 18.3. The van der Waals surface area contributed by atoms with Gasteiger partial charge in [0, 0.05) is 59.4 Å². The third-order valence-electron chi connectivity index (χ3n) is 7.56. The lowest BCUT2D eigenvalue weighted by Crippen LogP contribution is -2.28. The highest BCUT2D eigenvalue weighted by Gasteiger charge is 2.33. The molecular formula is C28H32N6O2. The molecule has 2 N–H and O–H groups in total. The number of carbonyl (C=O) groups is 1. The number of aromatic nitrogens is 5. The van der Waals surface area contributed by atoms with E-state index in [1.807, 2.05) is 41.3 Å². The zero-order chi connectivity index (χ0) is 24.9. The fourth-order valence-electron chi connectivity index (χ4n) is 5.46. The number of fused-ring (bicyclic) bond motifs is 2. The summed E-state index contributed by atoms with van der Waals surface area (Å²) >= 11 is 0. The predicted molar refractivity (Wildman–Crippen MR) is 139 cm³/mol. The lowest BCUT2D eigenvalue weighted by atomic mass is 9.90. The molecular weight excluding hydrogens is 452 g/mol. The van der Waals surface area contributed by atoms with Crippen LogP contribution < -0.4 is 5.32 Å². The summed E-state index contributed by atoms with van der Waals surface area (Å²) in [4.78, 5) is 17.2. The maximum atomic E-state index is 12.5. The van der Waals surface area contributed by atoms with Gasteiger partial charge in [-0.2, -0.15) is 10.2 Å². The van der Waals surface area contributed by atoms with Crippen LogP contribution in [-0.2, 0) is 22.4 Å². The van der Waals surface area contributed by atoms with Gasteiger partial charge in [-0.05, 0) is 61.8 Å². The molecule has 0 bridgehead atoms. The molecule has 1 aromatic carbocycles. The van der Waals surface area contributed by atoms with Crippen molar-refractivity contribution in [3.63, 3.8) is 0 Å². The largest absolute Gasteiger partial charge is 0.381 e. The minimum atomic E-state index is 0.0262. The van der Waals surface area contributed by atoms with Gasteiger partial charge in [0.25, 0.3) is 0 Å². The van der Waals surface area contributed by atoms with Crippen molar-refractivity contribution >= 4 is 22.6 Å². The van der Waals surface area contributed by atoms with E-state index in [1.165, 1.54) is 11.3 Å². The van der Waals surface area contributed by atoms with Crippen molar-refractivity contribution in [2.75, 3.05) is 18.5 Å². The number of carbonyl (C=O) groups excluding carboxylic acids is 1. The molecule has 3 aromatic heterocycles. The predicted octanol–water partition coefficient (Wildman–Crippen LogP) is 4.92. The highest BCUT2D eigenvalue weighted by Crippen LogP contribution is 2.40. The molecule has 1 amide bonds. The molecule has 1 atom stereocenters. The Morgan fingerprint density at radius 2 is 1.97 bits per heavy atom. The second kappa shape index (κ2) is 8.85. The van der Waals surface area contributed by atoms with E-state index in [2.05, 4.69) is 47.3 Å². The van der Waals surface area contributed by atoms with E-state index < -0.39 is 0 Å². The molecule has 2 aliphatic rings. The van der Waals surface area contributed by atoms with Crippen molar-refractivity contribution in [3.8, 4) is 11.3 Å². The number of benzene rings is 1. The van der Waals surface area contributed by atoms with Crippen molar-refractivity contribution in [2.45, 2.75) is 52.5 Å². The number of anilines is 1. The Bertz CT molecular complexity index is 1410. The smallest absolute Gasteiger partial charge is 0.227 e. The van der Waals surface area contributed by atoms with Crippen molar-refractivity contribution < 1.29 is 9.53 Å². The molecule has 186 valence electrons. The van der Waals surface area contributed by atoms with Crippen molar-refractivity contribution in [1.29, 1.82) is 0 Å². The number of nitrogens with one attached hydrogen (secondary N) is 2. The summed E-state index contributed by atoms with van der Waals surface area (Å²) in [6.07, 6.45) is 7.54. The summed E-state index contributed by atoms with van der Waals surface area (Å²) in [5.74, 6) is 0.102. The molecule has 36 heavy (non-hydrogen) atoms. The summed E-state index contributed by atoms with van der Waals surface area (Å²) in [5, 5.41) is 16.6. The molecule has 1 aliphatic carbocycles. The number of nitrogens with zero attached hydrogens (tertiary/aromatic N) is 4. The lowest BCUT2D eigenvalue weighted by molar-refractivity contribution is -0.122. The Balaban J connectivity index is 1.19. The molecule has 6 rings (SSSR count). The third-order valence-corrected chi connectivity index (χ3v) is 7.56. The first kappa shape index (κ1) is 22.9.